The number of fused-ring (bicyclic) bond motifs is 5. The molecule has 2 aromatic heterocycles. The molecule has 0 radical (unpaired) electrons. The van der Waals surface area contributed by atoms with Gasteiger partial charge in [0.25, 0.3) is 5.91 Å². The number of amides is 1. The minimum atomic E-state index is -0.544. The third-order valence-corrected chi connectivity index (χ3v) is 5.52. The number of aromatic hydroxyl groups is 1. The molecule has 0 saturated carbocycles. The van der Waals surface area contributed by atoms with Gasteiger partial charge in [0.2, 0.25) is 5.43 Å². The summed E-state index contributed by atoms with van der Waals surface area (Å²) in [6, 6.07) is 15.3. The van der Waals surface area contributed by atoms with Gasteiger partial charge in [-0.15, -0.1) is 0 Å². The number of hydrogen-bond acceptors (Lipinski definition) is 5. The Morgan fingerprint density at radius 1 is 0.906 bits per heavy atom. The van der Waals surface area contributed by atoms with Gasteiger partial charge in [-0.2, -0.15) is 0 Å². The number of aromatic nitrogens is 2. The van der Waals surface area contributed by atoms with Gasteiger partial charge in [0.05, 0.1) is 6.54 Å². The molecule has 164 valence electrons. The number of aryl methyl sites for hydroxylation is 1. The number of nitrogens with zero attached hydrogens (tertiary/aromatic N) is 4. The van der Waals surface area contributed by atoms with Crippen LogP contribution in [0.1, 0.15) is 34.5 Å². The zero-order valence-corrected chi connectivity index (χ0v) is 17.8. The number of allylic oxidation sites excluding steroid dienone is 1. The van der Waals surface area contributed by atoms with Gasteiger partial charge in [0.15, 0.2) is 11.4 Å². The first kappa shape index (κ1) is 21.4. The lowest BCUT2D eigenvalue weighted by molar-refractivity contribution is 0.0688. The molecule has 32 heavy (non-hydrogen) atoms. The Labute approximate surface area is 186 Å². The third-order valence-electron chi connectivity index (χ3n) is 5.52. The topological polar surface area (TPSA) is 78.7 Å². The van der Waals surface area contributed by atoms with E-state index < -0.39 is 11.2 Å². The molecule has 3 aromatic rings. The van der Waals surface area contributed by atoms with Crippen LogP contribution in [0.2, 0.25) is 0 Å². The van der Waals surface area contributed by atoms with Crippen LogP contribution < -0.4 is 10.4 Å². The number of carbonyl (C=O) groups excluding carboxylic acids is 1. The van der Waals surface area contributed by atoms with Crippen LogP contribution >= 0.6 is 0 Å². The van der Waals surface area contributed by atoms with E-state index in [-0.39, 0.29) is 11.6 Å². The lowest BCUT2D eigenvalue weighted by Gasteiger charge is -2.39. The molecule has 2 aliphatic rings. The van der Waals surface area contributed by atoms with Crippen molar-refractivity contribution < 1.29 is 9.90 Å². The van der Waals surface area contributed by atoms with E-state index in [0.29, 0.717) is 19.8 Å². The average Bonchev–Trinajstić information content (AvgIpc) is 2.82. The van der Waals surface area contributed by atoms with Crippen molar-refractivity contribution in [1.82, 2.24) is 14.6 Å². The average molecular weight is 431 g/mol. The highest BCUT2D eigenvalue weighted by Crippen LogP contribution is 2.23. The fraction of sp³-hybridized carbons (Fsp3) is 0.240. The van der Waals surface area contributed by atoms with Crippen LogP contribution in [0.4, 0.5) is 0 Å². The minimum Gasteiger partial charge on any atom is -0.502 e. The zero-order chi connectivity index (χ0) is 22.3. The predicted molar refractivity (Wildman–Crippen MR) is 123 cm³/mol. The van der Waals surface area contributed by atoms with Crippen LogP contribution in [0.3, 0.4) is 0 Å². The molecular weight excluding hydrogens is 404 g/mol. The summed E-state index contributed by atoms with van der Waals surface area (Å²) in [7, 11) is 0. The van der Waals surface area contributed by atoms with E-state index in [4.69, 9.17) is 0 Å². The van der Waals surface area contributed by atoms with Crippen molar-refractivity contribution in [2.45, 2.75) is 25.8 Å². The second-order valence-electron chi connectivity index (χ2n) is 7.69. The summed E-state index contributed by atoms with van der Waals surface area (Å²) in [6.07, 6.45) is 12.0. The van der Waals surface area contributed by atoms with Gasteiger partial charge in [-0.1, -0.05) is 48.6 Å². The standard InChI is InChI=1S/C19H20N4O3.C6H6/c24-16-7-10-23-17(18(16)25)19(26)21-9-4-2-1-3-5-14-11-20-8-6-15(14)12-22(23)13-21;1-2-4-6-5-3-1/h1-2,6-8,10-11,25H,3-5,9,12-13H2;1-6H. The summed E-state index contributed by atoms with van der Waals surface area (Å²) in [4.78, 5) is 30.6. The van der Waals surface area contributed by atoms with Crippen molar-refractivity contribution in [3.8, 4) is 5.75 Å². The van der Waals surface area contributed by atoms with Crippen molar-refractivity contribution in [2.24, 2.45) is 0 Å². The van der Waals surface area contributed by atoms with Crippen LogP contribution in [0.15, 0.2) is 84.1 Å². The minimum absolute atomic E-state index is 0.0281. The van der Waals surface area contributed by atoms with Crippen LogP contribution in [0, 0.1) is 0 Å². The smallest absolute Gasteiger partial charge is 0.277 e. The van der Waals surface area contributed by atoms with Crippen molar-refractivity contribution in [1.29, 1.82) is 0 Å². The highest BCUT2D eigenvalue weighted by Gasteiger charge is 2.32. The third kappa shape index (κ3) is 4.72. The Morgan fingerprint density at radius 3 is 2.38 bits per heavy atom. The van der Waals surface area contributed by atoms with Gasteiger partial charge in [-0.05, 0) is 36.5 Å². The summed E-state index contributed by atoms with van der Waals surface area (Å²) in [5.41, 5.74) is 1.76. The van der Waals surface area contributed by atoms with E-state index in [1.165, 1.54) is 6.07 Å². The quantitative estimate of drug-likeness (QED) is 0.555. The first-order valence-electron chi connectivity index (χ1n) is 10.7. The van der Waals surface area contributed by atoms with E-state index >= 15 is 0 Å². The molecule has 7 nitrogen and oxygen atoms in total. The van der Waals surface area contributed by atoms with Gasteiger partial charge < -0.3 is 10.0 Å². The Morgan fingerprint density at radius 2 is 1.62 bits per heavy atom. The fourth-order valence-corrected chi connectivity index (χ4v) is 3.85. The lowest BCUT2D eigenvalue weighted by atomic mass is 10.0. The van der Waals surface area contributed by atoms with Crippen LogP contribution in [0.25, 0.3) is 0 Å². The van der Waals surface area contributed by atoms with Crippen molar-refractivity contribution in [3.05, 3.63) is 106 Å². The summed E-state index contributed by atoms with van der Waals surface area (Å²) in [5.74, 6) is -0.818. The predicted octanol–water partition coefficient (Wildman–Crippen LogP) is 3.08. The van der Waals surface area contributed by atoms with E-state index in [9.17, 15) is 14.7 Å². The van der Waals surface area contributed by atoms with E-state index in [2.05, 4.69) is 17.1 Å². The summed E-state index contributed by atoms with van der Waals surface area (Å²) in [6.45, 7) is 1.49. The number of rotatable bonds is 0. The molecule has 2 bridgehead atoms. The largest absolute Gasteiger partial charge is 0.502 e. The second kappa shape index (κ2) is 9.96. The zero-order valence-electron chi connectivity index (χ0n) is 17.8. The first-order valence-corrected chi connectivity index (χ1v) is 10.7. The molecule has 5 rings (SSSR count). The summed E-state index contributed by atoms with van der Waals surface area (Å²) >= 11 is 0. The van der Waals surface area contributed by atoms with Gasteiger partial charge in [-0.3, -0.25) is 24.3 Å². The maximum absolute atomic E-state index is 12.8. The molecule has 7 heteroatoms. The second-order valence-corrected chi connectivity index (χ2v) is 7.69. The van der Waals surface area contributed by atoms with Gasteiger partial charge in [0.1, 0.15) is 6.67 Å². The molecule has 1 aromatic carbocycles. The molecule has 1 amide bonds. The Kier molecular flexibility index (Phi) is 6.65. The van der Waals surface area contributed by atoms with Crippen molar-refractivity contribution >= 4 is 5.91 Å². The molecule has 0 spiro atoms. The number of benzene rings is 1. The van der Waals surface area contributed by atoms with E-state index in [1.807, 2.05) is 53.7 Å². The molecule has 1 N–H and O–H groups in total. The van der Waals surface area contributed by atoms with E-state index in [1.54, 1.807) is 22.0 Å². The molecule has 0 aliphatic carbocycles. The van der Waals surface area contributed by atoms with Crippen LogP contribution in [0.5, 0.6) is 5.75 Å². The highest BCUT2D eigenvalue weighted by molar-refractivity contribution is 5.96. The lowest BCUT2D eigenvalue weighted by Crippen LogP contribution is -2.53. The maximum atomic E-state index is 12.8. The van der Waals surface area contributed by atoms with Crippen molar-refractivity contribution in [3.63, 3.8) is 0 Å². The Bertz CT molecular complexity index is 1130. The molecule has 0 unspecified atom stereocenters. The van der Waals surface area contributed by atoms with Gasteiger partial charge in [0, 0.05) is 31.2 Å². The number of pyridine rings is 2. The van der Waals surface area contributed by atoms with Crippen LogP contribution in [-0.2, 0) is 13.0 Å². The van der Waals surface area contributed by atoms with Crippen LogP contribution in [-0.4, -0.2) is 38.8 Å². The van der Waals surface area contributed by atoms with Gasteiger partial charge >= 0.3 is 0 Å². The Hall–Kier alpha value is -3.87. The fourth-order valence-electron chi connectivity index (χ4n) is 3.85. The molecule has 2 aliphatic heterocycles. The molecule has 0 atom stereocenters. The molecular formula is C25H26N4O3. The van der Waals surface area contributed by atoms with Gasteiger partial charge in [-0.25, -0.2) is 0 Å². The molecule has 0 saturated heterocycles. The first-order chi connectivity index (χ1) is 15.6. The maximum Gasteiger partial charge on any atom is 0.277 e. The monoisotopic (exact) mass is 430 g/mol. The number of carbonyl (C=O) groups is 1. The molecule has 4 heterocycles. The number of hydrogen-bond donors (Lipinski definition) is 1. The summed E-state index contributed by atoms with van der Waals surface area (Å²) < 4.78 is 1.60. The summed E-state index contributed by atoms with van der Waals surface area (Å²) in [5, 5.41) is 12.2. The van der Waals surface area contributed by atoms with E-state index in [0.717, 1.165) is 30.4 Å². The SMILES string of the molecule is O=C1c2c(O)c(=O)ccn2N2Cc3ccncc3CCC=CCCN1C2.c1ccccc1. The van der Waals surface area contributed by atoms with Crippen molar-refractivity contribution in [2.75, 3.05) is 18.2 Å². The normalized spacial score (nSPS) is 15.4. The highest BCUT2D eigenvalue weighted by atomic mass is 16.3. The Balaban J connectivity index is 0.000000354. The molecule has 0 fully saturated rings.